The summed E-state index contributed by atoms with van der Waals surface area (Å²) in [5, 5.41) is 9.81. The van der Waals surface area contributed by atoms with E-state index in [4.69, 9.17) is 0 Å². The number of rotatable bonds is 0. The summed E-state index contributed by atoms with van der Waals surface area (Å²) in [6.07, 6.45) is -0.311. The van der Waals surface area contributed by atoms with Gasteiger partial charge in [0, 0.05) is 13.1 Å². The first-order chi connectivity index (χ1) is 7.16. The first kappa shape index (κ1) is 12.2. The second kappa shape index (κ2) is 5.29. The van der Waals surface area contributed by atoms with Crippen molar-refractivity contribution in [2.75, 3.05) is 13.6 Å². The van der Waals surface area contributed by atoms with Crippen molar-refractivity contribution in [3.8, 4) is 0 Å². The van der Waals surface area contributed by atoms with Gasteiger partial charge in [0.25, 0.3) is 0 Å². The third-order valence-corrected chi connectivity index (χ3v) is 2.59. The highest BCUT2D eigenvalue weighted by molar-refractivity contribution is 5.34. The highest BCUT2D eigenvalue weighted by Crippen LogP contribution is 2.26. The van der Waals surface area contributed by atoms with Crippen molar-refractivity contribution in [3.05, 3.63) is 34.9 Å². The molecule has 2 rings (SSSR count). The Labute approximate surface area is 92.5 Å². The van der Waals surface area contributed by atoms with E-state index in [9.17, 15) is 5.11 Å². The second-order valence-corrected chi connectivity index (χ2v) is 3.91. The van der Waals surface area contributed by atoms with Gasteiger partial charge in [-0.2, -0.15) is 0 Å². The number of nitrogens with zero attached hydrogens (tertiary/aromatic N) is 1. The van der Waals surface area contributed by atoms with Gasteiger partial charge in [0.15, 0.2) is 0 Å². The molecule has 0 saturated heterocycles. The van der Waals surface area contributed by atoms with Crippen LogP contribution < -0.4 is 0 Å². The van der Waals surface area contributed by atoms with Gasteiger partial charge >= 0.3 is 0 Å². The van der Waals surface area contributed by atoms with Crippen molar-refractivity contribution >= 4 is 0 Å². The minimum absolute atomic E-state index is 0.311. The quantitative estimate of drug-likeness (QED) is 0.706. The molecule has 0 aliphatic carbocycles. The predicted octanol–water partition coefficient (Wildman–Crippen LogP) is 2.50. The standard InChI is InChI=1S/C11H15NO.C2H6/c1-8-3-4-9-6-12(2)7-11(13)10(9)5-8;1-2/h3-5,11,13H,6-7H2,1-2H3;1-2H3. The Morgan fingerprint density at radius 3 is 2.67 bits per heavy atom. The lowest BCUT2D eigenvalue weighted by atomic mass is 9.96. The van der Waals surface area contributed by atoms with Crippen LogP contribution in [0, 0.1) is 6.92 Å². The van der Waals surface area contributed by atoms with Crippen molar-refractivity contribution in [2.45, 2.75) is 33.4 Å². The lowest BCUT2D eigenvalue weighted by Gasteiger charge is -2.29. The Morgan fingerprint density at radius 1 is 1.33 bits per heavy atom. The topological polar surface area (TPSA) is 23.5 Å². The molecule has 0 amide bonds. The largest absolute Gasteiger partial charge is 0.387 e. The van der Waals surface area contributed by atoms with Crippen LogP contribution in [0.2, 0.25) is 0 Å². The summed E-state index contributed by atoms with van der Waals surface area (Å²) in [5.41, 5.74) is 3.59. The minimum atomic E-state index is -0.311. The van der Waals surface area contributed by atoms with E-state index in [1.807, 2.05) is 20.9 Å². The van der Waals surface area contributed by atoms with Gasteiger partial charge in [0.05, 0.1) is 6.10 Å². The lowest BCUT2D eigenvalue weighted by Crippen LogP contribution is -2.30. The molecule has 1 atom stereocenters. The summed E-state index contributed by atoms with van der Waals surface area (Å²) in [4.78, 5) is 2.14. The Kier molecular flexibility index (Phi) is 4.30. The summed E-state index contributed by atoms with van der Waals surface area (Å²) in [6.45, 7) is 7.76. The number of aliphatic hydroxyl groups excluding tert-OH is 1. The van der Waals surface area contributed by atoms with Crippen LogP contribution in [0.25, 0.3) is 0 Å². The monoisotopic (exact) mass is 207 g/mol. The number of hydrogen-bond acceptors (Lipinski definition) is 2. The fourth-order valence-electron chi connectivity index (χ4n) is 1.92. The van der Waals surface area contributed by atoms with E-state index < -0.39 is 0 Å². The summed E-state index contributed by atoms with van der Waals surface area (Å²) < 4.78 is 0. The number of hydrogen-bond donors (Lipinski definition) is 1. The summed E-state index contributed by atoms with van der Waals surface area (Å²) in [5.74, 6) is 0. The summed E-state index contributed by atoms with van der Waals surface area (Å²) in [6, 6.07) is 6.31. The van der Waals surface area contributed by atoms with Crippen LogP contribution in [0.5, 0.6) is 0 Å². The Balaban J connectivity index is 0.000000531. The summed E-state index contributed by atoms with van der Waals surface area (Å²) in [7, 11) is 2.03. The smallest absolute Gasteiger partial charge is 0.0920 e. The number of aryl methyl sites for hydroxylation is 1. The minimum Gasteiger partial charge on any atom is -0.387 e. The molecule has 2 heteroatoms. The molecule has 0 spiro atoms. The lowest BCUT2D eigenvalue weighted by molar-refractivity contribution is 0.108. The van der Waals surface area contributed by atoms with Crippen LogP contribution in [0.15, 0.2) is 18.2 Å². The number of benzene rings is 1. The fourth-order valence-corrected chi connectivity index (χ4v) is 1.92. The molecule has 0 fully saturated rings. The molecule has 15 heavy (non-hydrogen) atoms. The molecule has 1 aromatic rings. The Morgan fingerprint density at radius 2 is 2.00 bits per heavy atom. The Bertz CT molecular complexity index is 322. The van der Waals surface area contributed by atoms with Crippen LogP contribution in [0.4, 0.5) is 0 Å². The first-order valence-electron chi connectivity index (χ1n) is 5.63. The van der Waals surface area contributed by atoms with Gasteiger partial charge in [-0.1, -0.05) is 37.6 Å². The van der Waals surface area contributed by atoms with E-state index in [0.717, 1.165) is 18.7 Å². The van der Waals surface area contributed by atoms with Gasteiger partial charge in [0.1, 0.15) is 0 Å². The van der Waals surface area contributed by atoms with Crippen molar-refractivity contribution in [3.63, 3.8) is 0 Å². The number of fused-ring (bicyclic) bond motifs is 1. The van der Waals surface area contributed by atoms with Gasteiger partial charge in [-0.3, -0.25) is 4.90 Å². The third-order valence-electron chi connectivity index (χ3n) is 2.59. The average Bonchev–Trinajstić information content (AvgIpc) is 2.22. The van der Waals surface area contributed by atoms with E-state index in [1.54, 1.807) is 0 Å². The number of likely N-dealkylation sites (N-methyl/N-ethyl adjacent to an activating group) is 1. The van der Waals surface area contributed by atoms with Crippen LogP contribution in [-0.2, 0) is 6.54 Å². The zero-order chi connectivity index (χ0) is 11.4. The zero-order valence-corrected chi connectivity index (χ0v) is 10.1. The van der Waals surface area contributed by atoms with Gasteiger partial charge in [-0.25, -0.2) is 0 Å². The van der Waals surface area contributed by atoms with Gasteiger partial charge in [-0.05, 0) is 25.1 Å². The maximum atomic E-state index is 9.81. The molecule has 1 heterocycles. The van der Waals surface area contributed by atoms with Gasteiger partial charge in [0.2, 0.25) is 0 Å². The van der Waals surface area contributed by atoms with E-state index in [2.05, 4.69) is 30.0 Å². The number of aliphatic hydroxyl groups is 1. The van der Waals surface area contributed by atoms with Crippen LogP contribution >= 0.6 is 0 Å². The van der Waals surface area contributed by atoms with Crippen molar-refractivity contribution in [1.82, 2.24) is 4.90 Å². The molecular weight excluding hydrogens is 186 g/mol. The van der Waals surface area contributed by atoms with Crippen molar-refractivity contribution in [1.29, 1.82) is 0 Å². The molecule has 1 aromatic carbocycles. The average molecular weight is 207 g/mol. The third kappa shape index (κ3) is 2.80. The maximum Gasteiger partial charge on any atom is 0.0920 e. The molecule has 0 bridgehead atoms. The molecule has 0 saturated carbocycles. The van der Waals surface area contributed by atoms with E-state index in [0.29, 0.717) is 0 Å². The van der Waals surface area contributed by atoms with Gasteiger partial charge in [-0.15, -0.1) is 0 Å². The molecule has 1 aliphatic rings. The molecule has 84 valence electrons. The number of β-amino-alcohol motifs (C(OH)–C–C–N with tert-alkyl or cyclic N) is 1. The fraction of sp³-hybridized carbons (Fsp3) is 0.538. The van der Waals surface area contributed by atoms with Gasteiger partial charge < -0.3 is 5.11 Å². The van der Waals surface area contributed by atoms with Crippen molar-refractivity contribution in [2.24, 2.45) is 0 Å². The zero-order valence-electron chi connectivity index (χ0n) is 10.1. The molecule has 1 N–H and O–H groups in total. The van der Waals surface area contributed by atoms with E-state index >= 15 is 0 Å². The molecular formula is C13H21NO. The summed E-state index contributed by atoms with van der Waals surface area (Å²) >= 11 is 0. The second-order valence-electron chi connectivity index (χ2n) is 3.91. The molecule has 2 nitrogen and oxygen atoms in total. The molecule has 0 radical (unpaired) electrons. The normalized spacial score (nSPS) is 20.2. The molecule has 1 unspecified atom stereocenters. The van der Waals surface area contributed by atoms with Crippen molar-refractivity contribution < 1.29 is 5.11 Å². The maximum absolute atomic E-state index is 9.81. The molecule has 0 aromatic heterocycles. The van der Waals surface area contributed by atoms with Crippen LogP contribution in [0.3, 0.4) is 0 Å². The highest BCUT2D eigenvalue weighted by Gasteiger charge is 2.20. The predicted molar refractivity (Wildman–Crippen MR) is 63.8 cm³/mol. The van der Waals surface area contributed by atoms with E-state index in [1.165, 1.54) is 11.1 Å². The van der Waals surface area contributed by atoms with Crippen LogP contribution in [0.1, 0.15) is 36.6 Å². The SMILES string of the molecule is CC.Cc1ccc2c(c1)C(O)CN(C)C2. The Hall–Kier alpha value is -0.860. The molecule has 1 aliphatic heterocycles. The first-order valence-corrected chi connectivity index (χ1v) is 5.63. The van der Waals surface area contributed by atoms with Crippen LogP contribution in [-0.4, -0.2) is 23.6 Å². The highest BCUT2D eigenvalue weighted by atomic mass is 16.3. The van der Waals surface area contributed by atoms with E-state index in [-0.39, 0.29) is 6.10 Å².